The van der Waals surface area contributed by atoms with E-state index >= 15 is 0 Å². The lowest BCUT2D eigenvalue weighted by molar-refractivity contribution is -0.133. The number of carbonyl (C=O) groups is 1. The maximum atomic E-state index is 12.7. The molecule has 3 heterocycles. The van der Waals surface area contributed by atoms with Crippen molar-refractivity contribution in [3.63, 3.8) is 0 Å². The smallest absolute Gasteiger partial charge is 0.319 e. The van der Waals surface area contributed by atoms with Crippen LogP contribution in [0.3, 0.4) is 0 Å². The van der Waals surface area contributed by atoms with Crippen molar-refractivity contribution < 1.29 is 14.3 Å². The second kappa shape index (κ2) is 7.65. The Morgan fingerprint density at radius 1 is 1.19 bits per heavy atom. The molecular weight excluding hydrogens is 344 g/mol. The summed E-state index contributed by atoms with van der Waals surface area (Å²) in [7, 11) is 1.52. The molecule has 0 spiro atoms. The first-order valence-electron chi connectivity index (χ1n) is 9.08. The number of hydrogen-bond acceptors (Lipinski definition) is 5. The number of fused-ring (bicyclic) bond motifs is 1. The fourth-order valence-corrected chi connectivity index (χ4v) is 3.41. The molecule has 2 aromatic heterocycles. The van der Waals surface area contributed by atoms with Crippen LogP contribution in [0.25, 0.3) is 10.9 Å². The normalized spacial score (nSPS) is 15.1. The predicted molar refractivity (Wildman–Crippen MR) is 101 cm³/mol. The van der Waals surface area contributed by atoms with Crippen LogP contribution in [-0.2, 0) is 11.3 Å². The summed E-state index contributed by atoms with van der Waals surface area (Å²) in [4.78, 5) is 22.8. The molecule has 0 aliphatic carbocycles. The Bertz CT molecular complexity index is 932. The average molecular weight is 366 g/mol. The molecule has 1 fully saturated rings. The van der Waals surface area contributed by atoms with Crippen molar-refractivity contribution in [2.75, 3.05) is 20.2 Å². The van der Waals surface area contributed by atoms with Gasteiger partial charge in [0.25, 0.3) is 0 Å². The molecule has 1 amide bonds. The standard InChI is InChI=1S/C20H22N4O3/c1-26-20-21-10-6-18(22-20)27-16-8-12-23(13-9-16)19(25)14-24-11-7-15-4-2-3-5-17(15)24/h2-7,10-11,16H,8-9,12-14H2,1H3. The van der Waals surface area contributed by atoms with Gasteiger partial charge in [-0.05, 0) is 17.5 Å². The quantitative estimate of drug-likeness (QED) is 0.694. The lowest BCUT2D eigenvalue weighted by atomic mass is 10.1. The highest BCUT2D eigenvalue weighted by Gasteiger charge is 2.24. The number of ether oxygens (including phenoxy) is 2. The van der Waals surface area contributed by atoms with Gasteiger partial charge in [-0.2, -0.15) is 4.98 Å². The Morgan fingerprint density at radius 3 is 2.81 bits per heavy atom. The summed E-state index contributed by atoms with van der Waals surface area (Å²) in [6.45, 7) is 1.73. The van der Waals surface area contributed by atoms with Crippen molar-refractivity contribution in [2.24, 2.45) is 0 Å². The van der Waals surface area contributed by atoms with E-state index in [0.29, 0.717) is 31.5 Å². The number of para-hydroxylation sites is 1. The maximum absolute atomic E-state index is 12.7. The monoisotopic (exact) mass is 366 g/mol. The second-order valence-electron chi connectivity index (χ2n) is 6.58. The molecule has 1 aromatic carbocycles. The number of nitrogens with zero attached hydrogens (tertiary/aromatic N) is 4. The van der Waals surface area contributed by atoms with Crippen LogP contribution in [0.4, 0.5) is 0 Å². The zero-order chi connectivity index (χ0) is 18.6. The molecule has 1 saturated heterocycles. The first kappa shape index (κ1) is 17.3. The van der Waals surface area contributed by atoms with Crippen LogP contribution in [0, 0.1) is 0 Å². The summed E-state index contributed by atoms with van der Waals surface area (Å²) in [6.07, 6.45) is 5.19. The number of likely N-dealkylation sites (tertiary alicyclic amines) is 1. The maximum Gasteiger partial charge on any atom is 0.319 e. The molecule has 1 aliphatic heterocycles. The van der Waals surface area contributed by atoms with Crippen LogP contribution >= 0.6 is 0 Å². The first-order valence-corrected chi connectivity index (χ1v) is 9.08. The van der Waals surface area contributed by atoms with Crippen molar-refractivity contribution in [3.8, 4) is 11.9 Å². The number of methoxy groups -OCH3 is 1. The molecule has 0 radical (unpaired) electrons. The van der Waals surface area contributed by atoms with E-state index in [2.05, 4.69) is 16.0 Å². The van der Waals surface area contributed by atoms with Crippen LogP contribution < -0.4 is 9.47 Å². The van der Waals surface area contributed by atoms with E-state index in [4.69, 9.17) is 9.47 Å². The predicted octanol–water partition coefficient (Wildman–Crippen LogP) is 2.51. The number of rotatable bonds is 5. The largest absolute Gasteiger partial charge is 0.474 e. The van der Waals surface area contributed by atoms with Gasteiger partial charge in [0.15, 0.2) is 0 Å². The number of carbonyl (C=O) groups excluding carboxylic acids is 1. The van der Waals surface area contributed by atoms with Gasteiger partial charge in [-0.1, -0.05) is 18.2 Å². The molecule has 140 valence electrons. The molecule has 27 heavy (non-hydrogen) atoms. The van der Waals surface area contributed by atoms with E-state index in [0.717, 1.165) is 23.7 Å². The number of benzene rings is 1. The molecule has 7 nitrogen and oxygen atoms in total. The average Bonchev–Trinajstić information content (AvgIpc) is 3.11. The third-order valence-corrected chi connectivity index (χ3v) is 4.86. The van der Waals surface area contributed by atoms with Crippen LogP contribution in [0.15, 0.2) is 48.8 Å². The fourth-order valence-electron chi connectivity index (χ4n) is 3.41. The summed E-state index contributed by atoms with van der Waals surface area (Å²) in [6, 6.07) is 12.1. The molecule has 0 unspecified atom stereocenters. The minimum absolute atomic E-state index is 0.0427. The van der Waals surface area contributed by atoms with Gasteiger partial charge in [-0.3, -0.25) is 4.79 Å². The highest BCUT2D eigenvalue weighted by atomic mass is 16.5. The van der Waals surface area contributed by atoms with Gasteiger partial charge in [0.1, 0.15) is 12.6 Å². The lowest BCUT2D eigenvalue weighted by Gasteiger charge is -2.32. The van der Waals surface area contributed by atoms with E-state index in [9.17, 15) is 4.79 Å². The van der Waals surface area contributed by atoms with E-state index in [1.54, 1.807) is 12.3 Å². The Hall–Kier alpha value is -3.09. The molecule has 0 atom stereocenters. The van der Waals surface area contributed by atoms with Gasteiger partial charge >= 0.3 is 6.01 Å². The number of hydrogen-bond donors (Lipinski definition) is 0. The van der Waals surface area contributed by atoms with Gasteiger partial charge in [0.05, 0.1) is 7.11 Å². The molecule has 1 aliphatic rings. The van der Waals surface area contributed by atoms with Crippen LogP contribution in [0.5, 0.6) is 11.9 Å². The van der Waals surface area contributed by atoms with Gasteiger partial charge in [-0.25, -0.2) is 4.98 Å². The van der Waals surface area contributed by atoms with E-state index in [1.807, 2.05) is 39.9 Å². The van der Waals surface area contributed by atoms with E-state index in [1.165, 1.54) is 7.11 Å². The van der Waals surface area contributed by atoms with Crippen LogP contribution in [0.2, 0.25) is 0 Å². The fraction of sp³-hybridized carbons (Fsp3) is 0.350. The van der Waals surface area contributed by atoms with Crippen molar-refractivity contribution in [2.45, 2.75) is 25.5 Å². The van der Waals surface area contributed by atoms with Crippen molar-refractivity contribution >= 4 is 16.8 Å². The Balaban J connectivity index is 1.32. The molecule has 0 saturated carbocycles. The molecule has 7 heteroatoms. The van der Waals surface area contributed by atoms with Crippen molar-refractivity contribution in [3.05, 3.63) is 48.8 Å². The number of aromatic nitrogens is 3. The van der Waals surface area contributed by atoms with Crippen LogP contribution in [-0.4, -0.2) is 51.6 Å². The third kappa shape index (κ3) is 3.86. The number of piperidine rings is 1. The first-order chi connectivity index (χ1) is 13.2. The van der Waals surface area contributed by atoms with Crippen molar-refractivity contribution in [1.29, 1.82) is 0 Å². The summed E-state index contributed by atoms with van der Waals surface area (Å²) >= 11 is 0. The minimum Gasteiger partial charge on any atom is -0.474 e. The van der Waals surface area contributed by atoms with Crippen molar-refractivity contribution in [1.82, 2.24) is 19.4 Å². The van der Waals surface area contributed by atoms with Crippen LogP contribution in [0.1, 0.15) is 12.8 Å². The Labute approximate surface area is 157 Å². The summed E-state index contributed by atoms with van der Waals surface area (Å²) in [5.74, 6) is 0.643. The van der Waals surface area contributed by atoms with E-state index < -0.39 is 0 Å². The SMILES string of the molecule is COc1nccc(OC2CCN(C(=O)Cn3ccc4ccccc43)CC2)n1. The summed E-state index contributed by atoms with van der Waals surface area (Å²) in [5, 5.41) is 1.15. The molecular formula is C20H22N4O3. The molecule has 0 N–H and O–H groups in total. The summed E-state index contributed by atoms with van der Waals surface area (Å²) in [5.41, 5.74) is 1.08. The van der Waals surface area contributed by atoms with E-state index in [-0.39, 0.29) is 12.0 Å². The van der Waals surface area contributed by atoms with Gasteiger partial charge in [-0.15, -0.1) is 0 Å². The molecule has 4 rings (SSSR count). The number of amides is 1. The zero-order valence-corrected chi connectivity index (χ0v) is 15.2. The highest BCUT2D eigenvalue weighted by Crippen LogP contribution is 2.20. The molecule has 3 aromatic rings. The zero-order valence-electron chi connectivity index (χ0n) is 15.2. The Kier molecular flexibility index (Phi) is 4.91. The van der Waals surface area contributed by atoms with Gasteiger partial charge < -0.3 is 18.9 Å². The summed E-state index contributed by atoms with van der Waals surface area (Å²) < 4.78 is 12.9. The second-order valence-corrected chi connectivity index (χ2v) is 6.58. The third-order valence-electron chi connectivity index (χ3n) is 4.86. The Morgan fingerprint density at radius 2 is 2.00 bits per heavy atom. The van der Waals surface area contributed by atoms with Gasteiger partial charge in [0.2, 0.25) is 11.8 Å². The highest BCUT2D eigenvalue weighted by molar-refractivity contribution is 5.83. The lowest BCUT2D eigenvalue weighted by Crippen LogP contribution is -2.43. The topological polar surface area (TPSA) is 69.5 Å². The molecule has 0 bridgehead atoms. The minimum atomic E-state index is 0.0427. The van der Waals surface area contributed by atoms with Gasteiger partial charge in [0, 0.05) is 49.9 Å².